The largest absolute Gasteiger partial charge is 0.382 e. The van der Waals surface area contributed by atoms with Gasteiger partial charge in [-0.3, -0.25) is 14.6 Å². The zero-order valence-electron chi connectivity index (χ0n) is 15.4. The van der Waals surface area contributed by atoms with Crippen LogP contribution in [0.1, 0.15) is 30.3 Å². The van der Waals surface area contributed by atoms with Gasteiger partial charge in [0.05, 0.1) is 6.20 Å². The molecule has 0 bridgehead atoms. The zero-order chi connectivity index (χ0) is 18.5. The second-order valence-corrected chi connectivity index (χ2v) is 5.84. The van der Waals surface area contributed by atoms with E-state index in [2.05, 4.69) is 15.3 Å². The van der Waals surface area contributed by atoms with Gasteiger partial charge in [-0.05, 0) is 27.4 Å². The fourth-order valence-electron chi connectivity index (χ4n) is 2.13. The molecule has 8 nitrogen and oxygen atoms in total. The van der Waals surface area contributed by atoms with Crippen LogP contribution in [0.3, 0.4) is 0 Å². The average molecular weight is 351 g/mol. The highest BCUT2D eigenvalue weighted by molar-refractivity contribution is 5.92. The van der Waals surface area contributed by atoms with E-state index in [-0.39, 0.29) is 23.9 Å². The molecule has 2 amide bonds. The van der Waals surface area contributed by atoms with Gasteiger partial charge < -0.3 is 19.9 Å². The normalized spacial score (nSPS) is 10.7. The lowest BCUT2D eigenvalue weighted by Gasteiger charge is -2.22. The topological polar surface area (TPSA) is 87.7 Å². The minimum atomic E-state index is -0.217. The average Bonchev–Trinajstić information content (AvgIpc) is 2.61. The number of ether oxygens (including phenoxy) is 1. The number of carbonyl (C=O) groups is 2. The molecule has 8 heteroatoms. The summed E-state index contributed by atoms with van der Waals surface area (Å²) in [4.78, 5) is 36.1. The smallest absolute Gasteiger partial charge is 0.274 e. The van der Waals surface area contributed by atoms with Crippen LogP contribution in [0.15, 0.2) is 18.6 Å². The maximum Gasteiger partial charge on any atom is 0.274 e. The first-order chi connectivity index (χ1) is 12.0. The molecule has 0 radical (unpaired) electrons. The van der Waals surface area contributed by atoms with Gasteiger partial charge in [-0.15, -0.1) is 0 Å². The molecule has 0 aliphatic heterocycles. The lowest BCUT2D eigenvalue weighted by atomic mass is 10.3. The molecule has 0 atom stereocenters. The van der Waals surface area contributed by atoms with Gasteiger partial charge in [0.1, 0.15) is 5.69 Å². The molecule has 0 aliphatic carbocycles. The number of carbonyl (C=O) groups excluding carboxylic acids is 2. The SMILES string of the molecule is CCOCCCN(CCC(=O)NCCN(C)C)C(=O)c1cnccn1. The second kappa shape index (κ2) is 12.3. The Morgan fingerprint density at radius 3 is 2.64 bits per heavy atom. The molecule has 0 fully saturated rings. The Balaban J connectivity index is 2.52. The number of hydrogen-bond donors (Lipinski definition) is 1. The van der Waals surface area contributed by atoms with Crippen LogP contribution in [-0.2, 0) is 9.53 Å². The van der Waals surface area contributed by atoms with Gasteiger partial charge in [0.2, 0.25) is 5.91 Å². The number of amides is 2. The summed E-state index contributed by atoms with van der Waals surface area (Å²) in [5.41, 5.74) is 0.284. The van der Waals surface area contributed by atoms with Crippen LogP contribution in [0, 0.1) is 0 Å². The maximum absolute atomic E-state index is 12.6. The number of likely N-dealkylation sites (N-methyl/N-ethyl adjacent to an activating group) is 1. The van der Waals surface area contributed by atoms with Crippen molar-refractivity contribution in [3.63, 3.8) is 0 Å². The first-order valence-electron chi connectivity index (χ1n) is 8.59. The van der Waals surface area contributed by atoms with Crippen molar-refractivity contribution >= 4 is 11.8 Å². The Morgan fingerprint density at radius 2 is 2.00 bits per heavy atom. The molecule has 1 aromatic heterocycles. The van der Waals surface area contributed by atoms with Crippen molar-refractivity contribution in [2.45, 2.75) is 19.8 Å². The first kappa shape index (κ1) is 21.0. The molecule has 1 N–H and O–H groups in total. The molecule has 0 saturated carbocycles. The summed E-state index contributed by atoms with van der Waals surface area (Å²) in [5.74, 6) is -0.283. The van der Waals surface area contributed by atoms with Crippen LogP contribution in [-0.4, -0.2) is 85.1 Å². The molecule has 0 spiro atoms. The molecule has 0 saturated heterocycles. The van der Waals surface area contributed by atoms with Gasteiger partial charge in [0.25, 0.3) is 5.91 Å². The van der Waals surface area contributed by atoms with Crippen molar-refractivity contribution in [2.24, 2.45) is 0 Å². The van der Waals surface area contributed by atoms with Crippen molar-refractivity contribution in [1.29, 1.82) is 0 Å². The molecule has 25 heavy (non-hydrogen) atoms. The lowest BCUT2D eigenvalue weighted by molar-refractivity contribution is -0.121. The van der Waals surface area contributed by atoms with Crippen molar-refractivity contribution in [2.75, 3.05) is 53.5 Å². The predicted octanol–water partition coefficient (Wildman–Crippen LogP) is 0.413. The standard InChI is InChI=1S/C17H29N5O3/c1-4-25-13-5-10-22(17(24)15-14-18-7-8-19-15)11-6-16(23)20-9-12-21(2)3/h7-8,14H,4-6,9-13H2,1-3H3,(H,20,23). The minimum Gasteiger partial charge on any atom is -0.382 e. The van der Waals surface area contributed by atoms with Crippen LogP contribution in [0.4, 0.5) is 0 Å². The van der Waals surface area contributed by atoms with Crippen LogP contribution in [0.2, 0.25) is 0 Å². The third-order valence-electron chi connectivity index (χ3n) is 3.48. The number of nitrogens with one attached hydrogen (secondary N) is 1. The summed E-state index contributed by atoms with van der Waals surface area (Å²) in [6, 6.07) is 0. The number of aromatic nitrogens is 2. The van der Waals surface area contributed by atoms with E-state index in [1.165, 1.54) is 18.6 Å². The summed E-state index contributed by atoms with van der Waals surface area (Å²) in [6.07, 6.45) is 5.42. The Labute approximate surface area is 149 Å². The number of rotatable bonds is 12. The maximum atomic E-state index is 12.6. The van der Waals surface area contributed by atoms with Crippen molar-refractivity contribution in [1.82, 2.24) is 25.1 Å². The highest BCUT2D eigenvalue weighted by Crippen LogP contribution is 2.03. The third-order valence-corrected chi connectivity index (χ3v) is 3.48. The molecule has 0 aliphatic rings. The van der Waals surface area contributed by atoms with E-state index < -0.39 is 0 Å². The molecule has 1 rings (SSSR count). The second-order valence-electron chi connectivity index (χ2n) is 5.84. The van der Waals surface area contributed by atoms with Crippen molar-refractivity contribution < 1.29 is 14.3 Å². The van der Waals surface area contributed by atoms with Crippen molar-refractivity contribution in [3.8, 4) is 0 Å². The van der Waals surface area contributed by atoms with Crippen LogP contribution in [0.5, 0.6) is 0 Å². The molecular weight excluding hydrogens is 322 g/mol. The van der Waals surface area contributed by atoms with Crippen LogP contribution in [0.25, 0.3) is 0 Å². The molecule has 1 heterocycles. The van der Waals surface area contributed by atoms with E-state index in [9.17, 15) is 9.59 Å². The highest BCUT2D eigenvalue weighted by atomic mass is 16.5. The van der Waals surface area contributed by atoms with Gasteiger partial charge in [-0.25, -0.2) is 4.98 Å². The van der Waals surface area contributed by atoms with Crippen LogP contribution < -0.4 is 5.32 Å². The number of nitrogens with zero attached hydrogens (tertiary/aromatic N) is 4. The quantitative estimate of drug-likeness (QED) is 0.549. The Hall–Kier alpha value is -2.06. The minimum absolute atomic E-state index is 0.0661. The van der Waals surface area contributed by atoms with E-state index >= 15 is 0 Å². The number of hydrogen-bond acceptors (Lipinski definition) is 6. The predicted molar refractivity (Wildman–Crippen MR) is 95.2 cm³/mol. The summed E-state index contributed by atoms with van der Waals surface area (Å²) >= 11 is 0. The van der Waals surface area contributed by atoms with E-state index in [1.807, 2.05) is 25.9 Å². The summed E-state index contributed by atoms with van der Waals surface area (Å²) < 4.78 is 5.32. The van der Waals surface area contributed by atoms with Gasteiger partial charge in [0, 0.05) is 58.2 Å². The Morgan fingerprint density at radius 1 is 1.20 bits per heavy atom. The van der Waals surface area contributed by atoms with Gasteiger partial charge in [0.15, 0.2) is 0 Å². The Kier molecular flexibility index (Phi) is 10.3. The zero-order valence-corrected chi connectivity index (χ0v) is 15.4. The third kappa shape index (κ3) is 9.11. The van der Waals surface area contributed by atoms with Crippen molar-refractivity contribution in [3.05, 3.63) is 24.3 Å². The molecule has 0 aromatic carbocycles. The van der Waals surface area contributed by atoms with Gasteiger partial charge >= 0.3 is 0 Å². The van der Waals surface area contributed by atoms with E-state index in [0.717, 1.165) is 6.54 Å². The Bertz CT molecular complexity index is 510. The first-order valence-corrected chi connectivity index (χ1v) is 8.59. The van der Waals surface area contributed by atoms with Crippen LogP contribution >= 0.6 is 0 Å². The summed E-state index contributed by atoms with van der Waals surface area (Å²) in [6.45, 7) is 5.38. The fraction of sp³-hybridized carbons (Fsp3) is 0.647. The highest BCUT2D eigenvalue weighted by Gasteiger charge is 2.18. The van der Waals surface area contributed by atoms with E-state index in [1.54, 1.807) is 4.90 Å². The monoisotopic (exact) mass is 351 g/mol. The molecule has 1 aromatic rings. The summed E-state index contributed by atoms with van der Waals surface area (Å²) in [7, 11) is 3.90. The van der Waals surface area contributed by atoms with Gasteiger partial charge in [-0.2, -0.15) is 0 Å². The van der Waals surface area contributed by atoms with E-state index in [4.69, 9.17) is 4.74 Å². The fourth-order valence-corrected chi connectivity index (χ4v) is 2.13. The lowest BCUT2D eigenvalue weighted by Crippen LogP contribution is -2.38. The molecule has 0 unspecified atom stereocenters. The molecule has 140 valence electrons. The summed E-state index contributed by atoms with van der Waals surface area (Å²) in [5, 5.41) is 2.85. The molecular formula is C17H29N5O3. The van der Waals surface area contributed by atoms with Gasteiger partial charge in [-0.1, -0.05) is 0 Å². The van der Waals surface area contributed by atoms with E-state index in [0.29, 0.717) is 39.3 Å².